The molecule has 1 spiro atoms. The summed E-state index contributed by atoms with van der Waals surface area (Å²) in [7, 11) is 0. The van der Waals surface area contributed by atoms with E-state index in [0.717, 1.165) is 28.2 Å². The van der Waals surface area contributed by atoms with Gasteiger partial charge < -0.3 is 5.32 Å². The lowest BCUT2D eigenvalue weighted by atomic mass is 9.80. The normalized spacial score (nSPS) is 22.6. The molecule has 0 bridgehead atoms. The average Bonchev–Trinajstić information content (AvgIpc) is 3.16. The van der Waals surface area contributed by atoms with E-state index in [1.807, 2.05) is 17.5 Å². The number of Topliss-reactive ketones (excluding diaryl/α,β-unsaturated/α-hetero) is 1. The molecule has 0 radical (unpaired) electrons. The first-order chi connectivity index (χ1) is 11.6. The van der Waals surface area contributed by atoms with Crippen molar-refractivity contribution in [1.29, 1.82) is 0 Å². The number of fused-ring (bicyclic) bond motifs is 2. The van der Waals surface area contributed by atoms with Gasteiger partial charge in [-0.15, -0.1) is 11.3 Å². The van der Waals surface area contributed by atoms with Gasteiger partial charge in [0.15, 0.2) is 5.78 Å². The van der Waals surface area contributed by atoms with Gasteiger partial charge in [-0.1, -0.05) is 30.3 Å². The number of carbonyl (C=O) groups excluding carboxylic acids is 3. The summed E-state index contributed by atoms with van der Waals surface area (Å²) in [6, 6.07) is 10.2. The molecule has 1 saturated heterocycles. The Hall–Kier alpha value is -2.47. The van der Waals surface area contributed by atoms with E-state index in [2.05, 4.69) is 5.32 Å². The van der Waals surface area contributed by atoms with Crippen LogP contribution in [0.15, 0.2) is 41.8 Å². The fraction of sp³-hybridized carbons (Fsp3) is 0.278. The Morgan fingerprint density at radius 1 is 1.21 bits per heavy atom. The van der Waals surface area contributed by atoms with Crippen LogP contribution in [0.25, 0.3) is 0 Å². The fourth-order valence-corrected chi connectivity index (χ4v) is 4.54. The van der Waals surface area contributed by atoms with Crippen molar-refractivity contribution in [3.8, 4) is 0 Å². The van der Waals surface area contributed by atoms with Crippen molar-refractivity contribution in [2.45, 2.75) is 24.8 Å². The Labute approximate surface area is 143 Å². The van der Waals surface area contributed by atoms with Gasteiger partial charge in [0, 0.05) is 16.0 Å². The van der Waals surface area contributed by atoms with Crippen molar-refractivity contribution in [3.05, 3.63) is 57.8 Å². The maximum absolute atomic E-state index is 13.0. The van der Waals surface area contributed by atoms with Crippen LogP contribution >= 0.6 is 11.3 Å². The minimum Gasteiger partial charge on any atom is -0.319 e. The first kappa shape index (κ1) is 15.1. The Kier molecular flexibility index (Phi) is 3.49. The molecule has 2 heterocycles. The summed E-state index contributed by atoms with van der Waals surface area (Å²) < 4.78 is 0. The second-order valence-corrected chi connectivity index (χ2v) is 7.13. The third kappa shape index (κ3) is 2.17. The monoisotopic (exact) mass is 340 g/mol. The maximum atomic E-state index is 13.0. The van der Waals surface area contributed by atoms with Crippen molar-refractivity contribution in [2.75, 3.05) is 6.54 Å². The molecule has 1 aromatic heterocycles. The van der Waals surface area contributed by atoms with E-state index in [1.54, 1.807) is 35.6 Å². The van der Waals surface area contributed by atoms with Crippen molar-refractivity contribution in [1.82, 2.24) is 10.2 Å². The lowest BCUT2D eigenvalue weighted by molar-refractivity contribution is -0.131. The third-order valence-corrected chi connectivity index (χ3v) is 5.71. The van der Waals surface area contributed by atoms with E-state index in [4.69, 9.17) is 0 Å². The third-order valence-electron chi connectivity index (χ3n) is 4.73. The molecule has 24 heavy (non-hydrogen) atoms. The molecule has 0 saturated carbocycles. The molecule has 1 fully saturated rings. The van der Waals surface area contributed by atoms with Gasteiger partial charge in [-0.05, 0) is 30.7 Å². The number of hydrogen-bond acceptors (Lipinski definition) is 4. The van der Waals surface area contributed by atoms with Crippen LogP contribution in [0.5, 0.6) is 0 Å². The van der Waals surface area contributed by atoms with Gasteiger partial charge >= 0.3 is 6.03 Å². The molecule has 5 nitrogen and oxygen atoms in total. The molecule has 1 aromatic carbocycles. The Morgan fingerprint density at radius 2 is 2.00 bits per heavy atom. The van der Waals surface area contributed by atoms with Gasteiger partial charge in [-0.2, -0.15) is 0 Å². The number of carbonyl (C=O) groups is 3. The van der Waals surface area contributed by atoms with Crippen molar-refractivity contribution < 1.29 is 14.4 Å². The number of benzene rings is 1. The fourth-order valence-electron chi connectivity index (χ4n) is 3.54. The number of amides is 3. The number of imide groups is 1. The molecule has 3 amide bonds. The van der Waals surface area contributed by atoms with Gasteiger partial charge in [0.25, 0.3) is 5.91 Å². The van der Waals surface area contributed by atoms with Gasteiger partial charge in [0.1, 0.15) is 5.54 Å². The minimum absolute atomic E-state index is 0.226. The number of thiophene rings is 1. The number of ketones is 1. The first-order valence-electron chi connectivity index (χ1n) is 7.91. The predicted octanol–water partition coefficient (Wildman–Crippen LogP) is 2.71. The second-order valence-electron chi connectivity index (χ2n) is 6.13. The maximum Gasteiger partial charge on any atom is 0.325 e. The van der Waals surface area contributed by atoms with E-state index in [9.17, 15) is 14.4 Å². The number of nitrogens with one attached hydrogen (secondary N) is 1. The summed E-state index contributed by atoms with van der Waals surface area (Å²) in [5.74, 6) is -0.548. The zero-order valence-corrected chi connectivity index (χ0v) is 13.8. The first-order valence-corrected chi connectivity index (χ1v) is 8.79. The van der Waals surface area contributed by atoms with Crippen LogP contribution in [0, 0.1) is 0 Å². The number of urea groups is 1. The predicted molar refractivity (Wildman–Crippen MR) is 90.0 cm³/mol. The highest BCUT2D eigenvalue weighted by Crippen LogP contribution is 2.42. The Bertz CT molecular complexity index is 830. The molecular weight excluding hydrogens is 324 g/mol. The summed E-state index contributed by atoms with van der Waals surface area (Å²) in [6.45, 7) is -0.226. The molecule has 4 rings (SSSR count). The molecule has 1 N–H and O–H groups in total. The van der Waals surface area contributed by atoms with Crippen LogP contribution in [0.2, 0.25) is 0 Å². The van der Waals surface area contributed by atoms with Crippen LogP contribution in [0.3, 0.4) is 0 Å². The largest absolute Gasteiger partial charge is 0.325 e. The van der Waals surface area contributed by atoms with Crippen LogP contribution in [-0.4, -0.2) is 29.2 Å². The van der Waals surface area contributed by atoms with Crippen LogP contribution in [0.4, 0.5) is 4.79 Å². The highest BCUT2D eigenvalue weighted by Gasteiger charge is 2.54. The molecule has 1 aliphatic carbocycles. The van der Waals surface area contributed by atoms with Gasteiger partial charge in [0.05, 0.1) is 6.54 Å². The molecule has 1 aliphatic heterocycles. The molecule has 1 atom stereocenters. The van der Waals surface area contributed by atoms with E-state index in [1.165, 1.54) is 0 Å². The lowest BCUT2D eigenvalue weighted by Crippen LogP contribution is -2.46. The lowest BCUT2D eigenvalue weighted by Gasteiger charge is -2.31. The quantitative estimate of drug-likeness (QED) is 0.690. The minimum atomic E-state index is -0.984. The van der Waals surface area contributed by atoms with Crippen molar-refractivity contribution in [2.24, 2.45) is 0 Å². The summed E-state index contributed by atoms with van der Waals surface area (Å²) in [5.41, 5.74) is 0.410. The Balaban J connectivity index is 1.63. The molecule has 2 aliphatic rings. The number of rotatable bonds is 3. The zero-order valence-electron chi connectivity index (χ0n) is 13.0. The van der Waals surface area contributed by atoms with Crippen molar-refractivity contribution >= 4 is 29.1 Å². The summed E-state index contributed by atoms with van der Waals surface area (Å²) >= 11 is 1.61. The molecular formula is C18H16N2O3S. The van der Waals surface area contributed by atoms with Gasteiger partial charge in [-0.25, -0.2) is 4.79 Å². The van der Waals surface area contributed by atoms with Crippen LogP contribution < -0.4 is 5.32 Å². The number of hydrogen-bond donors (Lipinski definition) is 1. The van der Waals surface area contributed by atoms with E-state index in [-0.39, 0.29) is 18.2 Å². The Morgan fingerprint density at radius 3 is 2.79 bits per heavy atom. The SMILES string of the molecule is O=C(CN1C(=O)NC2(CCCc3sccc32)C1=O)c1ccccc1. The molecule has 1 unspecified atom stereocenters. The highest BCUT2D eigenvalue weighted by atomic mass is 32.1. The topological polar surface area (TPSA) is 66.5 Å². The summed E-state index contributed by atoms with van der Waals surface area (Å²) in [6.07, 6.45) is 2.36. The molecule has 6 heteroatoms. The standard InChI is InChI=1S/C18H16N2O3S/c21-14(12-5-2-1-3-6-12)11-20-16(22)18(19-17(20)23)9-4-7-15-13(18)8-10-24-15/h1-3,5-6,8,10H,4,7,9,11H2,(H,19,23). The average molecular weight is 340 g/mol. The van der Waals surface area contributed by atoms with E-state index in [0.29, 0.717) is 12.0 Å². The summed E-state index contributed by atoms with van der Waals surface area (Å²) in [4.78, 5) is 40.0. The van der Waals surface area contributed by atoms with Gasteiger partial charge in [-0.3, -0.25) is 14.5 Å². The summed E-state index contributed by atoms with van der Waals surface area (Å²) in [5, 5.41) is 4.81. The van der Waals surface area contributed by atoms with Crippen molar-refractivity contribution in [3.63, 3.8) is 0 Å². The smallest absolute Gasteiger partial charge is 0.319 e. The second kappa shape index (κ2) is 5.56. The van der Waals surface area contributed by atoms with Crippen LogP contribution in [0.1, 0.15) is 33.6 Å². The van der Waals surface area contributed by atoms with Crippen LogP contribution in [-0.2, 0) is 16.8 Å². The highest BCUT2D eigenvalue weighted by molar-refractivity contribution is 7.10. The zero-order chi connectivity index (χ0) is 16.7. The van der Waals surface area contributed by atoms with E-state index >= 15 is 0 Å². The number of aryl methyl sites for hydroxylation is 1. The molecule has 122 valence electrons. The van der Waals surface area contributed by atoms with E-state index < -0.39 is 11.6 Å². The van der Waals surface area contributed by atoms with Gasteiger partial charge in [0.2, 0.25) is 0 Å². The molecule has 2 aromatic rings. The number of nitrogens with zero attached hydrogens (tertiary/aromatic N) is 1.